The summed E-state index contributed by atoms with van der Waals surface area (Å²) in [5.74, 6) is -1.47. The molecule has 8 heteroatoms. The topological polar surface area (TPSA) is 99.1 Å². The van der Waals surface area contributed by atoms with Gasteiger partial charge in [0.05, 0.1) is 34.4 Å². The zero-order valence-corrected chi connectivity index (χ0v) is 44.2. The molecule has 0 aliphatic heterocycles. The van der Waals surface area contributed by atoms with Gasteiger partial charge in [-0.05, 0) is 70.6 Å². The maximum Gasteiger partial charge on any atom is 0.362 e. The lowest BCUT2D eigenvalue weighted by molar-refractivity contribution is -0.887. The van der Waals surface area contributed by atoms with E-state index in [9.17, 15) is 19.5 Å². The quantitative estimate of drug-likeness (QED) is 0.0281. The SMILES string of the molecule is CCCCCCCCCC/C=C/CCCCCCCCCC(=O)OC(COCCC(C(=O)O)[N+](C)(C)C)COC(=O)CCCCCCCCC/C=C/C/C=C/CCCCCCCCCCC. The number of quaternary nitrogens is 1. The van der Waals surface area contributed by atoms with E-state index in [-0.39, 0.29) is 36.2 Å². The van der Waals surface area contributed by atoms with Crippen LogP contribution in [0.5, 0.6) is 0 Å². The van der Waals surface area contributed by atoms with E-state index >= 15 is 0 Å². The fourth-order valence-corrected chi connectivity index (χ4v) is 8.41. The number of carbonyl (C=O) groups excluding carboxylic acids is 2. The molecule has 2 atom stereocenters. The second-order valence-electron chi connectivity index (χ2n) is 20.2. The molecule has 0 aromatic carbocycles. The average molecular weight is 932 g/mol. The van der Waals surface area contributed by atoms with E-state index in [0.29, 0.717) is 19.3 Å². The number of aliphatic carboxylic acids is 1. The van der Waals surface area contributed by atoms with Gasteiger partial charge >= 0.3 is 17.9 Å². The molecule has 66 heavy (non-hydrogen) atoms. The third-order valence-corrected chi connectivity index (χ3v) is 12.8. The predicted octanol–water partition coefficient (Wildman–Crippen LogP) is 16.5. The highest BCUT2D eigenvalue weighted by Crippen LogP contribution is 2.16. The number of likely N-dealkylation sites (N-methyl/N-ethyl adjacent to an activating group) is 1. The molecule has 1 N–H and O–H groups in total. The first-order valence-electron chi connectivity index (χ1n) is 28.0. The Morgan fingerprint density at radius 1 is 0.455 bits per heavy atom. The summed E-state index contributed by atoms with van der Waals surface area (Å²) in [5.41, 5.74) is 0. The number of ether oxygens (including phenoxy) is 3. The van der Waals surface area contributed by atoms with Crippen LogP contribution in [-0.4, -0.2) is 80.6 Å². The number of esters is 2. The molecule has 0 rings (SSSR count). The van der Waals surface area contributed by atoms with Crippen molar-refractivity contribution >= 4 is 17.9 Å². The maximum absolute atomic E-state index is 12.8. The number of hydrogen-bond acceptors (Lipinski definition) is 6. The minimum atomic E-state index is -0.874. The molecule has 0 saturated heterocycles. The highest BCUT2D eigenvalue weighted by atomic mass is 16.6. The summed E-state index contributed by atoms with van der Waals surface area (Å²) in [4.78, 5) is 37.2. The van der Waals surface area contributed by atoms with Crippen molar-refractivity contribution in [2.45, 2.75) is 276 Å². The van der Waals surface area contributed by atoms with Crippen molar-refractivity contribution in [2.75, 3.05) is 41.0 Å². The number of carboxylic acids is 1. The fourth-order valence-electron chi connectivity index (χ4n) is 8.41. The Labute approximate surface area is 408 Å². The average Bonchev–Trinajstić information content (AvgIpc) is 3.28. The van der Waals surface area contributed by atoms with Crippen LogP contribution in [0.4, 0.5) is 0 Å². The Kier molecular flexibility index (Phi) is 47.2. The van der Waals surface area contributed by atoms with Gasteiger partial charge in [-0.2, -0.15) is 0 Å². The van der Waals surface area contributed by atoms with Crippen LogP contribution < -0.4 is 0 Å². The Bertz CT molecular complexity index is 1170. The molecule has 0 fully saturated rings. The van der Waals surface area contributed by atoms with E-state index in [2.05, 4.69) is 50.3 Å². The molecule has 0 aromatic rings. The van der Waals surface area contributed by atoms with Gasteiger partial charge in [-0.3, -0.25) is 9.59 Å². The molecule has 0 saturated carbocycles. The van der Waals surface area contributed by atoms with Crippen LogP contribution in [0, 0.1) is 0 Å². The fraction of sp³-hybridized carbons (Fsp3) is 0.845. The normalized spacial score (nSPS) is 13.0. The van der Waals surface area contributed by atoms with Gasteiger partial charge in [0.15, 0.2) is 12.1 Å². The summed E-state index contributed by atoms with van der Waals surface area (Å²) in [6.07, 6.45) is 59.2. The summed E-state index contributed by atoms with van der Waals surface area (Å²) >= 11 is 0. The van der Waals surface area contributed by atoms with E-state index in [1.54, 1.807) is 0 Å². The smallest absolute Gasteiger partial charge is 0.362 e. The van der Waals surface area contributed by atoms with E-state index < -0.39 is 18.1 Å². The molecule has 0 heterocycles. The molecular weight excluding hydrogens is 823 g/mol. The van der Waals surface area contributed by atoms with Crippen LogP contribution in [0.1, 0.15) is 264 Å². The molecule has 0 amide bonds. The van der Waals surface area contributed by atoms with Crippen LogP contribution in [0.25, 0.3) is 0 Å². The van der Waals surface area contributed by atoms with Crippen molar-refractivity contribution in [3.05, 3.63) is 36.5 Å². The van der Waals surface area contributed by atoms with Gasteiger partial charge in [0.2, 0.25) is 0 Å². The van der Waals surface area contributed by atoms with Crippen LogP contribution in [0.15, 0.2) is 36.5 Å². The number of nitrogens with zero attached hydrogens (tertiary/aromatic N) is 1. The van der Waals surface area contributed by atoms with E-state index in [4.69, 9.17) is 14.2 Å². The van der Waals surface area contributed by atoms with Crippen LogP contribution in [0.3, 0.4) is 0 Å². The second kappa shape index (κ2) is 49.0. The molecule has 0 aromatic heterocycles. The minimum Gasteiger partial charge on any atom is -0.477 e. The Morgan fingerprint density at radius 3 is 1.18 bits per heavy atom. The monoisotopic (exact) mass is 931 g/mol. The maximum atomic E-state index is 12.8. The first kappa shape index (κ1) is 63.5. The Balaban J connectivity index is 4.20. The number of rotatable bonds is 51. The van der Waals surface area contributed by atoms with Gasteiger partial charge < -0.3 is 23.8 Å². The summed E-state index contributed by atoms with van der Waals surface area (Å²) in [5, 5.41) is 9.67. The van der Waals surface area contributed by atoms with Gasteiger partial charge in [-0.1, -0.05) is 211 Å². The number of allylic oxidation sites excluding steroid dienone is 6. The summed E-state index contributed by atoms with van der Waals surface area (Å²) < 4.78 is 17.4. The van der Waals surface area contributed by atoms with E-state index in [1.807, 2.05) is 21.1 Å². The van der Waals surface area contributed by atoms with Crippen molar-refractivity contribution in [1.29, 1.82) is 0 Å². The van der Waals surface area contributed by atoms with Gasteiger partial charge in [0.25, 0.3) is 0 Å². The molecule has 0 aliphatic rings. The first-order chi connectivity index (χ1) is 32.1. The van der Waals surface area contributed by atoms with Crippen molar-refractivity contribution in [3.8, 4) is 0 Å². The van der Waals surface area contributed by atoms with Gasteiger partial charge in [0, 0.05) is 19.3 Å². The third kappa shape index (κ3) is 46.7. The number of unbranched alkanes of at least 4 members (excludes halogenated alkanes) is 31. The second-order valence-corrected chi connectivity index (χ2v) is 20.2. The Hall–Kier alpha value is -2.45. The van der Waals surface area contributed by atoms with E-state index in [1.165, 1.54) is 180 Å². The van der Waals surface area contributed by atoms with Crippen molar-refractivity contribution in [3.63, 3.8) is 0 Å². The molecule has 2 unspecified atom stereocenters. The molecular formula is C58H108NO7+. The van der Waals surface area contributed by atoms with Gasteiger partial charge in [-0.25, -0.2) is 4.79 Å². The van der Waals surface area contributed by atoms with Crippen LogP contribution in [-0.2, 0) is 28.6 Å². The highest BCUT2D eigenvalue weighted by Gasteiger charge is 2.31. The van der Waals surface area contributed by atoms with Crippen molar-refractivity contribution < 1.29 is 38.2 Å². The molecule has 0 aliphatic carbocycles. The minimum absolute atomic E-state index is 0.0548. The highest BCUT2D eigenvalue weighted by molar-refractivity contribution is 5.72. The lowest BCUT2D eigenvalue weighted by atomic mass is 10.1. The standard InChI is InChI=1S/C58H107NO7/c1-6-8-10-12-14-16-18-20-22-24-26-27-28-29-31-32-34-36-38-40-42-44-46-48-56(60)65-53-54(52-64-51-50-55(58(62)63)59(3,4)5)66-57(61)49-47-45-43-41-39-37-35-33-30-25-23-21-19-17-15-13-11-9-7-2/h25-27,29-31,54-55H,6-24,28,32-53H2,1-5H3/p+1/b27-26+,30-25+,31-29+. The zero-order chi connectivity index (χ0) is 48.4. The summed E-state index contributed by atoms with van der Waals surface area (Å²) in [6.45, 7) is 4.76. The lowest BCUT2D eigenvalue weighted by Gasteiger charge is -2.31. The number of carbonyl (C=O) groups is 3. The summed E-state index contributed by atoms with van der Waals surface area (Å²) in [7, 11) is 5.54. The van der Waals surface area contributed by atoms with Gasteiger partial charge in [0.1, 0.15) is 6.61 Å². The molecule has 8 nitrogen and oxygen atoms in total. The van der Waals surface area contributed by atoms with Crippen molar-refractivity contribution in [2.24, 2.45) is 0 Å². The van der Waals surface area contributed by atoms with Crippen LogP contribution >= 0.6 is 0 Å². The van der Waals surface area contributed by atoms with Crippen LogP contribution in [0.2, 0.25) is 0 Å². The Morgan fingerprint density at radius 2 is 0.803 bits per heavy atom. The number of hydrogen-bond donors (Lipinski definition) is 1. The third-order valence-electron chi connectivity index (χ3n) is 12.8. The predicted molar refractivity (Wildman–Crippen MR) is 280 cm³/mol. The molecule has 386 valence electrons. The largest absolute Gasteiger partial charge is 0.477 e. The number of carboxylic acid groups (broad SMARTS) is 1. The summed E-state index contributed by atoms with van der Waals surface area (Å²) in [6, 6.07) is -0.617. The van der Waals surface area contributed by atoms with E-state index in [0.717, 1.165) is 51.4 Å². The van der Waals surface area contributed by atoms with Crippen molar-refractivity contribution in [1.82, 2.24) is 0 Å². The van der Waals surface area contributed by atoms with Gasteiger partial charge in [-0.15, -0.1) is 0 Å². The molecule has 0 radical (unpaired) electrons. The first-order valence-corrected chi connectivity index (χ1v) is 28.0. The lowest BCUT2D eigenvalue weighted by Crippen LogP contribution is -2.50. The molecule has 0 bridgehead atoms. The molecule has 0 spiro atoms. The zero-order valence-electron chi connectivity index (χ0n) is 44.2.